The highest BCUT2D eigenvalue weighted by atomic mass is 35.5. The quantitative estimate of drug-likeness (QED) is 0.488. The maximum absolute atomic E-state index is 12.2. The minimum Gasteiger partial charge on any atom is -0.423 e. The number of hydrogen-bond donors (Lipinski definition) is 0. The summed E-state index contributed by atoms with van der Waals surface area (Å²) in [6.45, 7) is 1.97. The van der Waals surface area contributed by atoms with Gasteiger partial charge in [0.1, 0.15) is 5.58 Å². The Morgan fingerprint density at radius 3 is 2.60 bits per heavy atom. The molecule has 0 saturated heterocycles. The van der Waals surface area contributed by atoms with Gasteiger partial charge in [0.2, 0.25) is 0 Å². The van der Waals surface area contributed by atoms with E-state index in [0.717, 1.165) is 5.56 Å². The molecule has 126 valence electrons. The molecule has 0 bridgehead atoms. The first-order valence-electron chi connectivity index (χ1n) is 7.44. The van der Waals surface area contributed by atoms with E-state index >= 15 is 0 Å². The Hall–Kier alpha value is -2.50. The van der Waals surface area contributed by atoms with Crippen LogP contribution in [0.4, 0.5) is 0 Å². The fourth-order valence-corrected chi connectivity index (χ4v) is 3.17. The molecule has 0 spiro atoms. The van der Waals surface area contributed by atoms with Crippen LogP contribution in [0, 0.1) is 6.92 Å². The second-order valence-corrected chi connectivity index (χ2v) is 6.60. The number of aromatic nitrogens is 1. The molecule has 0 unspecified atom stereocenters. The van der Waals surface area contributed by atoms with Crippen LogP contribution in [0.5, 0.6) is 0 Å². The number of nitrogens with zero attached hydrogens (tertiary/aromatic N) is 1. The number of benzene rings is 2. The largest absolute Gasteiger partial charge is 0.423 e. The van der Waals surface area contributed by atoms with Crippen LogP contribution >= 0.6 is 23.2 Å². The van der Waals surface area contributed by atoms with Crippen LogP contribution in [-0.2, 0) is 6.54 Å². The predicted molar refractivity (Wildman–Crippen MR) is 96.8 cm³/mol. The van der Waals surface area contributed by atoms with Crippen molar-refractivity contribution in [3.63, 3.8) is 0 Å². The Balaban J connectivity index is 1.95. The van der Waals surface area contributed by atoms with Crippen LogP contribution < -0.4 is 11.4 Å². The lowest BCUT2D eigenvalue weighted by Crippen LogP contribution is -2.16. The molecule has 2 aromatic carbocycles. The summed E-state index contributed by atoms with van der Waals surface area (Å²) < 4.78 is 11.9. The van der Waals surface area contributed by atoms with Crippen LogP contribution in [0.2, 0.25) is 10.0 Å². The smallest absolute Gasteiger partial charge is 0.420 e. The van der Waals surface area contributed by atoms with Gasteiger partial charge in [-0.2, -0.15) is 0 Å². The van der Waals surface area contributed by atoms with E-state index in [2.05, 4.69) is 0 Å². The van der Waals surface area contributed by atoms with E-state index in [-0.39, 0.29) is 6.54 Å². The molecule has 7 heteroatoms. The predicted octanol–water partition coefficient (Wildman–Crippen LogP) is 4.36. The van der Waals surface area contributed by atoms with Gasteiger partial charge >= 0.3 is 11.4 Å². The Bertz CT molecular complexity index is 1250. The van der Waals surface area contributed by atoms with E-state index < -0.39 is 11.4 Å². The van der Waals surface area contributed by atoms with Gasteiger partial charge in [0.05, 0.1) is 12.1 Å². The molecule has 0 aliphatic carbocycles. The lowest BCUT2D eigenvalue weighted by atomic mass is 10.1. The van der Waals surface area contributed by atoms with Gasteiger partial charge in [-0.15, -0.1) is 0 Å². The highest BCUT2D eigenvalue weighted by molar-refractivity contribution is 6.32. The highest BCUT2D eigenvalue weighted by Crippen LogP contribution is 2.26. The number of aryl methyl sites for hydroxylation is 1. The molecule has 0 saturated carbocycles. The molecule has 4 rings (SSSR count). The monoisotopic (exact) mass is 375 g/mol. The van der Waals surface area contributed by atoms with Crippen molar-refractivity contribution in [3.8, 4) is 0 Å². The SMILES string of the molecule is Cc1cc2oc(=O)cc(Cn3c(=O)oc4cc(Cl)ccc43)c2cc1Cl. The van der Waals surface area contributed by atoms with Gasteiger partial charge in [-0.3, -0.25) is 4.57 Å². The molecule has 0 aliphatic heterocycles. The van der Waals surface area contributed by atoms with E-state index in [4.69, 9.17) is 32.0 Å². The maximum Gasteiger partial charge on any atom is 0.420 e. The number of halogens is 2. The number of fused-ring (bicyclic) bond motifs is 2. The Labute approximate surface area is 151 Å². The van der Waals surface area contributed by atoms with Crippen LogP contribution in [0.3, 0.4) is 0 Å². The molecular weight excluding hydrogens is 365 g/mol. The first kappa shape index (κ1) is 16.0. The van der Waals surface area contributed by atoms with Gasteiger partial charge in [-0.25, -0.2) is 9.59 Å². The zero-order chi connectivity index (χ0) is 17.7. The Morgan fingerprint density at radius 1 is 1.00 bits per heavy atom. The van der Waals surface area contributed by atoms with E-state index in [1.807, 2.05) is 6.92 Å². The fraction of sp³-hybridized carbons (Fsp3) is 0.111. The van der Waals surface area contributed by atoms with Gasteiger partial charge in [0.15, 0.2) is 5.58 Å². The van der Waals surface area contributed by atoms with E-state index in [0.29, 0.717) is 37.7 Å². The normalized spacial score (nSPS) is 11.5. The summed E-state index contributed by atoms with van der Waals surface area (Å²) in [5.74, 6) is -0.531. The molecule has 5 nitrogen and oxygen atoms in total. The van der Waals surface area contributed by atoms with Crippen LogP contribution in [0.15, 0.2) is 54.8 Å². The van der Waals surface area contributed by atoms with Crippen molar-refractivity contribution in [2.24, 2.45) is 0 Å². The van der Waals surface area contributed by atoms with Gasteiger partial charge in [-0.05, 0) is 42.3 Å². The highest BCUT2D eigenvalue weighted by Gasteiger charge is 2.14. The van der Waals surface area contributed by atoms with Gasteiger partial charge in [0, 0.05) is 27.6 Å². The molecule has 25 heavy (non-hydrogen) atoms. The van der Waals surface area contributed by atoms with Crippen molar-refractivity contribution in [1.29, 1.82) is 0 Å². The second-order valence-electron chi connectivity index (χ2n) is 5.75. The maximum atomic E-state index is 12.2. The minimum atomic E-state index is -0.531. The zero-order valence-corrected chi connectivity index (χ0v) is 14.5. The molecule has 0 aliphatic rings. The number of rotatable bonds is 2. The summed E-state index contributed by atoms with van der Waals surface area (Å²) in [4.78, 5) is 24.1. The minimum absolute atomic E-state index is 0.148. The summed E-state index contributed by atoms with van der Waals surface area (Å²) >= 11 is 12.1. The number of hydrogen-bond acceptors (Lipinski definition) is 4. The van der Waals surface area contributed by atoms with Gasteiger partial charge in [0.25, 0.3) is 0 Å². The topological polar surface area (TPSA) is 65.3 Å². The van der Waals surface area contributed by atoms with Crippen molar-refractivity contribution >= 4 is 45.3 Å². The molecule has 2 aromatic heterocycles. The summed E-state index contributed by atoms with van der Waals surface area (Å²) in [7, 11) is 0. The van der Waals surface area contributed by atoms with Crippen molar-refractivity contribution in [2.75, 3.05) is 0 Å². The molecule has 4 aromatic rings. The summed E-state index contributed by atoms with van der Waals surface area (Å²) in [6, 6.07) is 9.75. The molecule has 0 fully saturated rings. The summed E-state index contributed by atoms with van der Waals surface area (Å²) in [6.07, 6.45) is 0. The lowest BCUT2D eigenvalue weighted by Gasteiger charge is -2.08. The summed E-state index contributed by atoms with van der Waals surface area (Å²) in [5, 5.41) is 1.70. The molecule has 0 amide bonds. The van der Waals surface area contributed by atoms with E-state index in [9.17, 15) is 9.59 Å². The standard InChI is InChI=1S/C18H11Cl2NO4/c1-9-4-15-12(7-13(9)20)10(5-17(22)24-15)8-21-14-3-2-11(19)6-16(14)25-18(21)23/h2-7H,8H2,1H3. The fourth-order valence-electron chi connectivity index (χ4n) is 2.84. The Morgan fingerprint density at radius 2 is 1.80 bits per heavy atom. The molecule has 2 heterocycles. The third-order valence-corrected chi connectivity index (χ3v) is 4.71. The third-order valence-electron chi connectivity index (χ3n) is 4.07. The Kier molecular flexibility index (Phi) is 3.71. The number of oxazole rings is 1. The van der Waals surface area contributed by atoms with Gasteiger partial charge in [-0.1, -0.05) is 23.2 Å². The average molecular weight is 376 g/mol. The third kappa shape index (κ3) is 2.75. The van der Waals surface area contributed by atoms with Crippen LogP contribution in [-0.4, -0.2) is 4.57 Å². The van der Waals surface area contributed by atoms with Crippen molar-refractivity contribution in [3.05, 3.63) is 78.5 Å². The summed E-state index contributed by atoms with van der Waals surface area (Å²) in [5.41, 5.74) is 2.33. The molecule has 0 atom stereocenters. The van der Waals surface area contributed by atoms with E-state index in [1.54, 1.807) is 30.3 Å². The second kappa shape index (κ2) is 5.79. The average Bonchev–Trinajstić information content (AvgIpc) is 2.84. The van der Waals surface area contributed by atoms with Crippen molar-refractivity contribution < 1.29 is 8.83 Å². The first-order valence-corrected chi connectivity index (χ1v) is 8.20. The van der Waals surface area contributed by atoms with Crippen LogP contribution in [0.1, 0.15) is 11.1 Å². The lowest BCUT2D eigenvalue weighted by molar-refractivity contribution is 0.516. The van der Waals surface area contributed by atoms with E-state index in [1.165, 1.54) is 10.6 Å². The molecule has 0 N–H and O–H groups in total. The van der Waals surface area contributed by atoms with Gasteiger partial charge < -0.3 is 8.83 Å². The zero-order valence-electron chi connectivity index (χ0n) is 13.0. The first-order chi connectivity index (χ1) is 11.9. The molecule has 0 radical (unpaired) electrons. The van der Waals surface area contributed by atoms with Crippen molar-refractivity contribution in [1.82, 2.24) is 4.57 Å². The van der Waals surface area contributed by atoms with Crippen molar-refractivity contribution in [2.45, 2.75) is 13.5 Å². The molecular formula is C18H11Cl2NO4. The van der Waals surface area contributed by atoms with Crippen LogP contribution in [0.25, 0.3) is 22.1 Å².